The zero-order chi connectivity index (χ0) is 20.9. The largest absolute Gasteiger partial charge is 0.367 e. The molecule has 0 aliphatic carbocycles. The lowest BCUT2D eigenvalue weighted by molar-refractivity contribution is -0.0186. The van der Waals surface area contributed by atoms with Crippen LogP contribution in [-0.2, 0) is 6.42 Å². The molecule has 1 aromatic heterocycles. The second kappa shape index (κ2) is 9.21. The molecule has 0 amide bonds. The zero-order valence-electron chi connectivity index (χ0n) is 16.5. The summed E-state index contributed by atoms with van der Waals surface area (Å²) < 4.78 is 0. The molecule has 3 aromatic carbocycles. The smallest absolute Gasteiger partial charge is 0.208 e. The first-order valence-corrected chi connectivity index (χ1v) is 10.6. The van der Waals surface area contributed by atoms with Gasteiger partial charge in [-0.2, -0.15) is 0 Å². The lowest BCUT2D eigenvalue weighted by atomic mass is 9.96. The van der Waals surface area contributed by atoms with E-state index >= 15 is 0 Å². The number of benzene rings is 3. The van der Waals surface area contributed by atoms with Gasteiger partial charge in [-0.1, -0.05) is 54.2 Å². The molecule has 0 saturated heterocycles. The van der Waals surface area contributed by atoms with Crippen molar-refractivity contribution in [3.8, 4) is 22.5 Å². The Kier molecular flexibility index (Phi) is 6.23. The predicted molar refractivity (Wildman–Crippen MR) is 122 cm³/mol. The second-order valence-corrected chi connectivity index (χ2v) is 7.87. The van der Waals surface area contributed by atoms with Crippen LogP contribution < -0.4 is 0 Å². The van der Waals surface area contributed by atoms with Crippen molar-refractivity contribution in [1.29, 1.82) is 0 Å². The Balaban J connectivity index is 1.73. The fraction of sp³-hybridized carbons (Fsp3) is 0.174. The normalized spacial score (nSPS) is 11.7. The van der Waals surface area contributed by atoms with E-state index in [4.69, 9.17) is 10.2 Å². The number of aromatic amines is 1. The van der Waals surface area contributed by atoms with E-state index < -0.39 is 6.29 Å². The van der Waals surface area contributed by atoms with Gasteiger partial charge in [-0.05, 0) is 45.7 Å². The highest BCUT2D eigenvalue weighted by atomic mass is 32.2. The van der Waals surface area contributed by atoms with Gasteiger partial charge in [0.05, 0.1) is 5.75 Å². The Labute approximate surface area is 178 Å². The molecule has 4 rings (SSSR count). The summed E-state index contributed by atoms with van der Waals surface area (Å²) in [6.45, 7) is 0. The van der Waals surface area contributed by atoms with E-state index in [1.54, 1.807) is 7.05 Å². The highest BCUT2D eigenvalue weighted by molar-refractivity contribution is 7.99. The molecule has 0 aliphatic heterocycles. The van der Waals surface area contributed by atoms with Crippen molar-refractivity contribution in [2.75, 3.05) is 12.8 Å². The summed E-state index contributed by atoms with van der Waals surface area (Å²) in [6, 6.07) is 21.1. The van der Waals surface area contributed by atoms with Gasteiger partial charge in [-0.15, -0.1) is 5.10 Å². The molecule has 6 nitrogen and oxygen atoms in total. The molecule has 0 aliphatic rings. The molecular formula is C23H22N4O2S. The number of fused-ring (bicyclic) bond motifs is 1. The fourth-order valence-electron chi connectivity index (χ4n) is 3.27. The average molecular weight is 419 g/mol. The van der Waals surface area contributed by atoms with E-state index in [0.717, 1.165) is 28.7 Å². The molecule has 4 aromatic rings. The van der Waals surface area contributed by atoms with Gasteiger partial charge in [0.1, 0.15) is 0 Å². The summed E-state index contributed by atoms with van der Waals surface area (Å²) in [7, 11) is 1.77. The van der Waals surface area contributed by atoms with E-state index in [0.29, 0.717) is 11.0 Å². The lowest BCUT2D eigenvalue weighted by Crippen LogP contribution is -2.07. The Hall–Kier alpha value is -3.00. The van der Waals surface area contributed by atoms with Gasteiger partial charge in [0.25, 0.3) is 0 Å². The maximum Gasteiger partial charge on any atom is 0.208 e. The molecule has 0 spiro atoms. The van der Waals surface area contributed by atoms with Gasteiger partial charge < -0.3 is 15.2 Å². The molecule has 0 atom stereocenters. The van der Waals surface area contributed by atoms with Gasteiger partial charge >= 0.3 is 0 Å². The Morgan fingerprint density at radius 2 is 1.80 bits per heavy atom. The molecule has 152 valence electrons. The monoisotopic (exact) mass is 418 g/mol. The van der Waals surface area contributed by atoms with Gasteiger partial charge in [0, 0.05) is 25.2 Å². The van der Waals surface area contributed by atoms with Gasteiger partial charge in [-0.25, -0.2) is 4.98 Å². The first-order valence-electron chi connectivity index (χ1n) is 9.58. The highest BCUT2D eigenvalue weighted by Crippen LogP contribution is 2.30. The lowest BCUT2D eigenvalue weighted by Gasteiger charge is -2.09. The molecule has 0 radical (unpaired) electrons. The first kappa shape index (κ1) is 20.3. The summed E-state index contributed by atoms with van der Waals surface area (Å²) in [5.41, 5.74) is 4.26. The van der Waals surface area contributed by atoms with Crippen LogP contribution in [0.1, 0.15) is 5.56 Å². The third-order valence-corrected chi connectivity index (χ3v) is 5.59. The van der Waals surface area contributed by atoms with Crippen LogP contribution in [0.25, 0.3) is 33.3 Å². The summed E-state index contributed by atoms with van der Waals surface area (Å²) >= 11 is 1.19. The summed E-state index contributed by atoms with van der Waals surface area (Å²) in [4.78, 5) is 8.61. The van der Waals surface area contributed by atoms with Crippen LogP contribution in [0.2, 0.25) is 0 Å². The maximum atomic E-state index is 9.05. The Morgan fingerprint density at radius 1 is 1.00 bits per heavy atom. The topological polar surface area (TPSA) is 94.4 Å². The van der Waals surface area contributed by atoms with Crippen molar-refractivity contribution in [2.45, 2.75) is 17.9 Å². The van der Waals surface area contributed by atoms with Crippen LogP contribution in [0.5, 0.6) is 0 Å². The Morgan fingerprint density at radius 3 is 2.60 bits per heavy atom. The number of thioether (sulfide) groups is 1. The van der Waals surface area contributed by atoms with Crippen molar-refractivity contribution in [2.24, 2.45) is 4.99 Å². The number of hydrogen-bond donors (Lipinski definition) is 3. The summed E-state index contributed by atoms with van der Waals surface area (Å²) in [6.07, 6.45) is 1.21. The van der Waals surface area contributed by atoms with E-state index in [-0.39, 0.29) is 5.75 Å². The van der Waals surface area contributed by atoms with Crippen LogP contribution in [-0.4, -0.2) is 50.7 Å². The number of aliphatic hydroxyl groups excluding tert-OH is 1. The van der Waals surface area contributed by atoms with Crippen LogP contribution in [0, 0.1) is 0 Å². The van der Waals surface area contributed by atoms with E-state index in [1.165, 1.54) is 22.5 Å². The van der Waals surface area contributed by atoms with Crippen molar-refractivity contribution in [3.63, 3.8) is 0 Å². The minimum absolute atomic E-state index is 0.118. The fourth-order valence-corrected chi connectivity index (χ4v) is 3.83. The van der Waals surface area contributed by atoms with Gasteiger partial charge in [0.2, 0.25) is 5.16 Å². The number of nitrogens with zero attached hydrogens (tertiary/aromatic N) is 3. The standard InChI is InChI=1S/C23H22N4O2S/c1-24-9-8-15-10-19(18-7-6-16-4-2-3-5-17(16)12-18)13-20(11-15)22-25-23(27-26-22)30-14-21(28)29/h2-7,9-13,21,28-29H,8,14H2,1H3,(H,25,26,27). The van der Waals surface area contributed by atoms with Crippen LogP contribution >= 0.6 is 11.8 Å². The summed E-state index contributed by atoms with van der Waals surface area (Å²) in [5.74, 6) is 0.759. The van der Waals surface area contributed by atoms with E-state index in [2.05, 4.69) is 68.7 Å². The van der Waals surface area contributed by atoms with Crippen molar-refractivity contribution < 1.29 is 10.2 Å². The third kappa shape index (κ3) is 4.76. The second-order valence-electron chi connectivity index (χ2n) is 6.88. The number of H-pyrrole nitrogens is 1. The number of aliphatic imine (C=N–C) groups is 1. The van der Waals surface area contributed by atoms with Gasteiger partial charge in [-0.3, -0.25) is 5.10 Å². The molecule has 0 fully saturated rings. The highest BCUT2D eigenvalue weighted by Gasteiger charge is 2.11. The SMILES string of the molecule is CN=CCc1cc(-c2ccc3ccccc3c2)cc(-c2nc(SCC(O)O)n[nH]2)c1. The predicted octanol–water partition coefficient (Wildman–Crippen LogP) is 3.94. The van der Waals surface area contributed by atoms with Gasteiger partial charge in [0.15, 0.2) is 12.1 Å². The van der Waals surface area contributed by atoms with E-state index in [9.17, 15) is 0 Å². The molecule has 1 heterocycles. The number of aliphatic hydroxyl groups is 2. The third-order valence-electron chi connectivity index (χ3n) is 4.68. The molecule has 0 unspecified atom stereocenters. The molecule has 0 saturated carbocycles. The zero-order valence-corrected chi connectivity index (χ0v) is 17.3. The maximum absolute atomic E-state index is 9.05. The number of aromatic nitrogens is 3. The van der Waals surface area contributed by atoms with Crippen molar-refractivity contribution in [3.05, 3.63) is 66.2 Å². The molecule has 0 bridgehead atoms. The number of nitrogens with one attached hydrogen (secondary N) is 1. The molecular weight excluding hydrogens is 396 g/mol. The first-order chi connectivity index (χ1) is 14.6. The molecule has 7 heteroatoms. The van der Waals surface area contributed by atoms with Crippen LogP contribution in [0.15, 0.2) is 70.8 Å². The Bertz CT molecular complexity index is 1190. The van der Waals surface area contributed by atoms with Crippen LogP contribution in [0.4, 0.5) is 0 Å². The minimum Gasteiger partial charge on any atom is -0.367 e. The molecule has 30 heavy (non-hydrogen) atoms. The molecule has 3 N–H and O–H groups in total. The average Bonchev–Trinajstić information content (AvgIpc) is 3.25. The van der Waals surface area contributed by atoms with Crippen molar-refractivity contribution >= 4 is 28.7 Å². The number of hydrogen-bond acceptors (Lipinski definition) is 6. The van der Waals surface area contributed by atoms with Crippen molar-refractivity contribution in [1.82, 2.24) is 15.2 Å². The summed E-state index contributed by atoms with van der Waals surface area (Å²) in [5, 5.41) is 28.1. The van der Waals surface area contributed by atoms with E-state index in [1.807, 2.05) is 18.3 Å². The minimum atomic E-state index is -1.40. The van der Waals surface area contributed by atoms with Crippen LogP contribution in [0.3, 0.4) is 0 Å². The quantitative estimate of drug-likeness (QED) is 0.240. The number of rotatable bonds is 7.